The zero-order chi connectivity index (χ0) is 15.1. The third kappa shape index (κ3) is 2.02. The molecule has 0 unspecified atom stereocenters. The number of para-hydroxylation sites is 1. The molecule has 4 heteroatoms. The van der Waals surface area contributed by atoms with Crippen LogP contribution in [-0.4, -0.2) is 10.7 Å². The lowest BCUT2D eigenvalue weighted by Gasteiger charge is -2.13. The Hall–Kier alpha value is -1.91. The molecule has 0 amide bonds. The van der Waals surface area contributed by atoms with Gasteiger partial charge in [0, 0.05) is 10.8 Å². The molecular weight excluding hydrogens is 310 g/mol. The van der Waals surface area contributed by atoms with Gasteiger partial charge in [0.2, 0.25) is 5.43 Å². The third-order valence-electron chi connectivity index (χ3n) is 3.65. The molecule has 0 saturated carbocycles. The monoisotopic (exact) mass is 323 g/mol. The van der Waals surface area contributed by atoms with E-state index >= 15 is 0 Å². The topological polar surface area (TPSA) is 30.0 Å². The Morgan fingerprint density at radius 2 is 1.77 bits per heavy atom. The maximum absolute atomic E-state index is 12.8. The maximum atomic E-state index is 12.8. The van der Waals surface area contributed by atoms with Crippen LogP contribution in [0.2, 0.25) is 0 Å². The molecule has 2 aromatic carbocycles. The smallest absolute Gasteiger partial charge is 0.201 e. The van der Waals surface area contributed by atoms with E-state index in [0.717, 1.165) is 42.2 Å². The lowest BCUT2D eigenvalue weighted by atomic mass is 10.1. The Bertz CT molecular complexity index is 1020. The van der Waals surface area contributed by atoms with Gasteiger partial charge in [-0.25, -0.2) is 4.98 Å². The molecule has 0 bridgehead atoms. The van der Waals surface area contributed by atoms with E-state index in [1.807, 2.05) is 42.5 Å². The van der Waals surface area contributed by atoms with Crippen LogP contribution in [-0.2, 0) is 0 Å². The normalized spacial score (nSPS) is 11.5. The van der Waals surface area contributed by atoms with Crippen molar-refractivity contribution in [3.63, 3.8) is 0 Å². The summed E-state index contributed by atoms with van der Waals surface area (Å²) in [7, 11) is 0. The molecule has 4 rings (SSSR count). The van der Waals surface area contributed by atoms with E-state index in [9.17, 15) is 4.79 Å². The molecular formula is C18H13NOS2. The number of fused-ring (bicyclic) bond motifs is 4. The Balaban J connectivity index is 2.26. The molecule has 2 aromatic rings. The summed E-state index contributed by atoms with van der Waals surface area (Å²) in [4.78, 5) is 19.5. The van der Waals surface area contributed by atoms with Crippen molar-refractivity contribution in [2.45, 2.75) is 11.8 Å². The summed E-state index contributed by atoms with van der Waals surface area (Å²) in [5.74, 6) is 0.877. The van der Waals surface area contributed by atoms with Gasteiger partial charge in [-0.1, -0.05) is 43.3 Å². The summed E-state index contributed by atoms with van der Waals surface area (Å²) in [6.07, 6.45) is 0. The molecule has 22 heavy (non-hydrogen) atoms. The Morgan fingerprint density at radius 1 is 1.05 bits per heavy atom. The fourth-order valence-corrected chi connectivity index (χ4v) is 4.77. The van der Waals surface area contributed by atoms with E-state index in [4.69, 9.17) is 4.98 Å². The van der Waals surface area contributed by atoms with Gasteiger partial charge in [-0.15, -0.1) is 23.1 Å². The number of thioether (sulfide) groups is 1. The van der Waals surface area contributed by atoms with Crippen molar-refractivity contribution in [1.29, 1.82) is 0 Å². The van der Waals surface area contributed by atoms with Gasteiger partial charge in [-0.2, -0.15) is 0 Å². The molecule has 1 aliphatic carbocycles. The molecule has 1 heterocycles. The lowest BCUT2D eigenvalue weighted by molar-refractivity contribution is 1.35. The fraction of sp³-hybridized carbons (Fsp3) is 0.111. The van der Waals surface area contributed by atoms with Crippen LogP contribution >= 0.6 is 23.1 Å². The highest BCUT2D eigenvalue weighted by Crippen LogP contribution is 2.40. The van der Waals surface area contributed by atoms with Gasteiger partial charge < -0.3 is 0 Å². The highest BCUT2D eigenvalue weighted by atomic mass is 32.2. The van der Waals surface area contributed by atoms with Crippen molar-refractivity contribution in [2.24, 2.45) is 0 Å². The predicted molar refractivity (Wildman–Crippen MR) is 96.4 cm³/mol. The predicted octanol–water partition coefficient (Wildman–Crippen LogP) is 5.03. The van der Waals surface area contributed by atoms with Gasteiger partial charge >= 0.3 is 0 Å². The molecule has 0 radical (unpaired) electrons. The number of nitrogens with zero attached hydrogens (tertiary/aromatic N) is 1. The number of hydrogen-bond acceptors (Lipinski definition) is 4. The van der Waals surface area contributed by atoms with Gasteiger partial charge in [0.15, 0.2) is 0 Å². The van der Waals surface area contributed by atoms with Gasteiger partial charge in [0.05, 0.1) is 25.7 Å². The second kappa shape index (κ2) is 5.38. The summed E-state index contributed by atoms with van der Waals surface area (Å²) < 4.78 is 1.11. The van der Waals surface area contributed by atoms with Crippen LogP contribution < -0.4 is 5.43 Å². The molecule has 0 N–H and O–H groups in total. The zero-order valence-corrected chi connectivity index (χ0v) is 13.6. The van der Waals surface area contributed by atoms with E-state index in [1.54, 1.807) is 23.1 Å². The molecule has 2 nitrogen and oxygen atoms in total. The van der Waals surface area contributed by atoms with Crippen molar-refractivity contribution in [3.8, 4) is 10.6 Å². The summed E-state index contributed by atoms with van der Waals surface area (Å²) in [5.41, 5.74) is 2.05. The molecule has 0 spiro atoms. The fourth-order valence-electron chi connectivity index (χ4n) is 2.69. The minimum atomic E-state index is 0.128. The minimum absolute atomic E-state index is 0.128. The van der Waals surface area contributed by atoms with Crippen LogP contribution in [0.5, 0.6) is 0 Å². The Kier molecular flexibility index (Phi) is 3.36. The highest BCUT2D eigenvalue weighted by Gasteiger charge is 2.20. The average molecular weight is 323 g/mol. The second-order valence-corrected chi connectivity index (χ2v) is 7.32. The zero-order valence-electron chi connectivity index (χ0n) is 12.0. The van der Waals surface area contributed by atoms with Crippen molar-refractivity contribution >= 4 is 44.1 Å². The van der Waals surface area contributed by atoms with Crippen LogP contribution in [0.25, 0.3) is 31.6 Å². The number of hydrogen-bond donors (Lipinski definition) is 0. The summed E-state index contributed by atoms with van der Waals surface area (Å²) in [6.45, 7) is 2.07. The van der Waals surface area contributed by atoms with Gasteiger partial charge in [0.1, 0.15) is 0 Å². The lowest BCUT2D eigenvalue weighted by Crippen LogP contribution is -2.08. The Morgan fingerprint density at radius 3 is 2.59 bits per heavy atom. The van der Waals surface area contributed by atoms with Gasteiger partial charge in [-0.05, 0) is 17.9 Å². The average Bonchev–Trinajstić information content (AvgIpc) is 2.57. The highest BCUT2D eigenvalue weighted by molar-refractivity contribution is 7.99. The van der Waals surface area contributed by atoms with Gasteiger partial charge in [0.25, 0.3) is 0 Å². The van der Waals surface area contributed by atoms with Crippen LogP contribution in [0.15, 0.2) is 58.2 Å². The van der Waals surface area contributed by atoms with E-state index in [-0.39, 0.29) is 5.43 Å². The first kappa shape index (κ1) is 13.7. The molecule has 1 aliphatic heterocycles. The number of aromatic nitrogens is 1. The van der Waals surface area contributed by atoms with Crippen molar-refractivity contribution < 1.29 is 0 Å². The van der Waals surface area contributed by atoms with E-state index in [1.165, 1.54) is 0 Å². The summed E-state index contributed by atoms with van der Waals surface area (Å²) >= 11 is 3.28. The minimum Gasteiger partial charge on any atom is -0.288 e. The molecule has 0 fully saturated rings. The standard InChI is InChI=1S/C18H13NOS2/c1-2-21-18-16(20)12-8-4-3-7-11(12)15-17(18)22-14-10-6-5-9-13(14)19-15/h3-10H,2H2,1H3. The molecule has 0 saturated heterocycles. The Labute approximate surface area is 136 Å². The van der Waals surface area contributed by atoms with Crippen LogP contribution in [0, 0.1) is 0 Å². The summed E-state index contributed by atoms with van der Waals surface area (Å²) in [6, 6.07) is 15.9. The second-order valence-electron chi connectivity index (χ2n) is 5.00. The van der Waals surface area contributed by atoms with Crippen LogP contribution in [0.4, 0.5) is 0 Å². The molecule has 2 aliphatic rings. The van der Waals surface area contributed by atoms with Crippen molar-refractivity contribution in [2.75, 3.05) is 5.75 Å². The first-order chi connectivity index (χ1) is 10.8. The quantitative estimate of drug-likeness (QED) is 0.294. The van der Waals surface area contributed by atoms with Crippen LogP contribution in [0.3, 0.4) is 0 Å². The SMILES string of the molecule is CCSc1c2sc3ccccc3nc-2c2ccccc2c1=O. The number of benzene rings is 3. The number of rotatable bonds is 2. The van der Waals surface area contributed by atoms with Gasteiger partial charge in [-0.3, -0.25) is 4.79 Å². The first-order valence-corrected chi connectivity index (χ1v) is 8.97. The van der Waals surface area contributed by atoms with Crippen molar-refractivity contribution in [1.82, 2.24) is 4.98 Å². The van der Waals surface area contributed by atoms with E-state index in [0.29, 0.717) is 0 Å². The largest absolute Gasteiger partial charge is 0.288 e. The van der Waals surface area contributed by atoms with E-state index in [2.05, 4.69) is 13.0 Å². The molecule has 108 valence electrons. The maximum Gasteiger partial charge on any atom is 0.201 e. The molecule has 0 aromatic heterocycles. The van der Waals surface area contributed by atoms with E-state index < -0.39 is 0 Å². The molecule has 0 atom stereocenters. The third-order valence-corrected chi connectivity index (χ3v) is 5.92. The van der Waals surface area contributed by atoms with Crippen LogP contribution in [0.1, 0.15) is 6.92 Å². The van der Waals surface area contributed by atoms with Crippen molar-refractivity contribution in [3.05, 3.63) is 58.8 Å². The first-order valence-electron chi connectivity index (χ1n) is 7.16. The summed E-state index contributed by atoms with van der Waals surface area (Å²) in [5, 5.41) is 1.71.